The van der Waals surface area contributed by atoms with Gasteiger partial charge in [-0.05, 0) is 62.3 Å². The summed E-state index contributed by atoms with van der Waals surface area (Å²) in [5, 5.41) is 0. The van der Waals surface area contributed by atoms with Crippen LogP contribution in [0.2, 0.25) is 0 Å². The number of benzene rings is 1. The number of ether oxygens (including phenoxy) is 1. The van der Waals surface area contributed by atoms with Crippen LogP contribution in [-0.2, 0) is 14.3 Å². The van der Waals surface area contributed by atoms with Crippen LogP contribution in [0.15, 0.2) is 58.7 Å². The third kappa shape index (κ3) is 3.05. The normalized spacial score (nSPS) is 25.8. The molecule has 3 aliphatic rings. The molecule has 5 rings (SSSR count). The Morgan fingerprint density at radius 3 is 2.57 bits per heavy atom. The summed E-state index contributed by atoms with van der Waals surface area (Å²) in [6.45, 7) is 1.90. The molecule has 30 heavy (non-hydrogen) atoms. The van der Waals surface area contributed by atoms with E-state index in [4.69, 9.17) is 4.74 Å². The molecular formula is C24H24N2O3S. The molecule has 3 unspecified atom stereocenters. The highest BCUT2D eigenvalue weighted by atomic mass is 32.2. The topological polar surface area (TPSA) is 59.5 Å². The van der Waals surface area contributed by atoms with Gasteiger partial charge in [-0.1, -0.05) is 24.6 Å². The molecule has 3 heterocycles. The van der Waals surface area contributed by atoms with Crippen molar-refractivity contribution in [1.29, 1.82) is 0 Å². The Balaban J connectivity index is 1.65. The predicted octanol–water partition coefficient (Wildman–Crippen LogP) is 4.61. The molecule has 154 valence electrons. The molecule has 5 nitrogen and oxygen atoms in total. The van der Waals surface area contributed by atoms with E-state index in [1.165, 1.54) is 0 Å². The maximum Gasteiger partial charge on any atom is 0.295 e. The predicted molar refractivity (Wildman–Crippen MR) is 116 cm³/mol. The Kier molecular flexibility index (Phi) is 4.89. The summed E-state index contributed by atoms with van der Waals surface area (Å²) in [4.78, 5) is 34.5. The number of Topliss-reactive ketones (excluding diaryl/α,β-unsaturated/α-hetero) is 1. The molecule has 1 saturated carbocycles. The number of anilines is 1. The monoisotopic (exact) mass is 420 g/mol. The number of carbonyl (C=O) groups is 2. The van der Waals surface area contributed by atoms with Crippen LogP contribution in [0.25, 0.3) is 0 Å². The van der Waals surface area contributed by atoms with E-state index in [1.807, 2.05) is 55.6 Å². The number of aromatic nitrogens is 1. The number of pyridine rings is 1. The first kappa shape index (κ1) is 19.4. The highest BCUT2D eigenvalue weighted by Gasteiger charge is 2.52. The minimum atomic E-state index is -0.506. The van der Waals surface area contributed by atoms with Crippen LogP contribution < -0.4 is 4.90 Å². The first-order valence-corrected chi connectivity index (χ1v) is 11.7. The summed E-state index contributed by atoms with van der Waals surface area (Å²) in [6.07, 6.45) is 5.57. The van der Waals surface area contributed by atoms with Crippen LogP contribution in [0.3, 0.4) is 0 Å². The summed E-state index contributed by atoms with van der Waals surface area (Å²) in [5.41, 5.74) is 2.23. The van der Waals surface area contributed by atoms with Gasteiger partial charge in [-0.25, -0.2) is 4.98 Å². The van der Waals surface area contributed by atoms with E-state index in [0.29, 0.717) is 11.4 Å². The van der Waals surface area contributed by atoms with Crippen molar-refractivity contribution < 1.29 is 14.3 Å². The minimum Gasteiger partial charge on any atom is -0.483 e. The molecule has 0 bridgehead atoms. The largest absolute Gasteiger partial charge is 0.483 e. The average Bonchev–Trinajstić information content (AvgIpc) is 3.06. The van der Waals surface area contributed by atoms with Gasteiger partial charge >= 0.3 is 0 Å². The van der Waals surface area contributed by atoms with E-state index >= 15 is 0 Å². The van der Waals surface area contributed by atoms with Crippen molar-refractivity contribution in [3.63, 3.8) is 0 Å². The van der Waals surface area contributed by atoms with Crippen molar-refractivity contribution in [2.75, 3.05) is 11.2 Å². The summed E-state index contributed by atoms with van der Waals surface area (Å²) in [6, 6.07) is 13.2. The van der Waals surface area contributed by atoms with E-state index in [1.54, 1.807) is 16.7 Å². The van der Waals surface area contributed by atoms with Gasteiger partial charge in [0.2, 0.25) is 0 Å². The smallest absolute Gasteiger partial charge is 0.295 e. The maximum atomic E-state index is 13.6. The van der Waals surface area contributed by atoms with Gasteiger partial charge in [0.25, 0.3) is 5.91 Å². The number of amides is 1. The zero-order valence-corrected chi connectivity index (χ0v) is 17.9. The Morgan fingerprint density at radius 1 is 1.07 bits per heavy atom. The van der Waals surface area contributed by atoms with Gasteiger partial charge in [0.15, 0.2) is 11.5 Å². The van der Waals surface area contributed by atoms with E-state index in [9.17, 15) is 9.59 Å². The second kappa shape index (κ2) is 7.58. The summed E-state index contributed by atoms with van der Waals surface area (Å²) >= 11 is 1.66. The molecule has 0 spiro atoms. The molecule has 2 aromatic rings. The Bertz CT molecular complexity index is 1050. The SMILES string of the molecule is CSc1ccc(C2C3=C(OC4CCCCC4C3=O)C(=O)N2c2cccc(C)n2)cc1. The van der Waals surface area contributed by atoms with Crippen LogP contribution in [0, 0.1) is 12.8 Å². The van der Waals surface area contributed by atoms with E-state index in [0.717, 1.165) is 41.8 Å². The molecular weight excluding hydrogens is 396 g/mol. The molecule has 1 aliphatic carbocycles. The summed E-state index contributed by atoms with van der Waals surface area (Å²) in [5.74, 6) is 0.435. The van der Waals surface area contributed by atoms with Gasteiger partial charge in [-0.15, -0.1) is 11.8 Å². The van der Waals surface area contributed by atoms with Crippen molar-refractivity contribution in [2.45, 2.75) is 49.6 Å². The van der Waals surface area contributed by atoms with Gasteiger partial charge in [-0.3, -0.25) is 14.5 Å². The van der Waals surface area contributed by atoms with Gasteiger partial charge in [0.05, 0.1) is 17.5 Å². The van der Waals surface area contributed by atoms with Crippen LogP contribution in [0.4, 0.5) is 5.82 Å². The molecule has 6 heteroatoms. The number of rotatable bonds is 3. The average molecular weight is 421 g/mol. The highest BCUT2D eigenvalue weighted by Crippen LogP contribution is 2.48. The molecule has 0 N–H and O–H groups in total. The first-order chi connectivity index (χ1) is 14.6. The van der Waals surface area contributed by atoms with Crippen LogP contribution >= 0.6 is 11.8 Å². The lowest BCUT2D eigenvalue weighted by atomic mass is 9.77. The Hall–Kier alpha value is -2.60. The molecule has 3 atom stereocenters. The second-order valence-corrected chi connectivity index (χ2v) is 9.02. The number of nitrogens with zero attached hydrogens (tertiary/aromatic N) is 2. The molecule has 1 amide bonds. The standard InChI is InChI=1S/C24H24N2O3S/c1-14-6-5-9-19(25-14)26-21(15-10-12-16(30-2)13-11-15)20-22(27)17-7-3-4-8-18(17)29-23(20)24(26)28/h5-6,9-13,17-18,21H,3-4,7-8H2,1-2H3. The fourth-order valence-electron chi connectivity index (χ4n) is 4.85. The first-order valence-electron chi connectivity index (χ1n) is 10.4. The van der Waals surface area contributed by atoms with Gasteiger partial charge in [-0.2, -0.15) is 0 Å². The number of hydrogen-bond acceptors (Lipinski definition) is 5. The Labute approximate surface area is 180 Å². The van der Waals surface area contributed by atoms with Crippen molar-refractivity contribution in [3.05, 3.63) is 65.1 Å². The number of carbonyl (C=O) groups excluding carboxylic acids is 2. The lowest BCUT2D eigenvalue weighted by Gasteiger charge is -2.35. The molecule has 2 aliphatic heterocycles. The van der Waals surface area contributed by atoms with Crippen molar-refractivity contribution >= 4 is 29.3 Å². The number of fused-ring (bicyclic) bond motifs is 1. The molecule has 1 fully saturated rings. The van der Waals surface area contributed by atoms with E-state index in [2.05, 4.69) is 4.98 Å². The maximum absolute atomic E-state index is 13.6. The van der Waals surface area contributed by atoms with Gasteiger partial charge < -0.3 is 4.74 Å². The fourth-order valence-corrected chi connectivity index (χ4v) is 5.25. The third-order valence-corrected chi connectivity index (χ3v) is 7.06. The molecule has 1 aromatic carbocycles. The summed E-state index contributed by atoms with van der Waals surface area (Å²) in [7, 11) is 0. The number of ketones is 1. The highest BCUT2D eigenvalue weighted by molar-refractivity contribution is 7.98. The number of aryl methyl sites for hydroxylation is 1. The van der Waals surface area contributed by atoms with Crippen molar-refractivity contribution in [2.24, 2.45) is 5.92 Å². The van der Waals surface area contributed by atoms with Crippen LogP contribution in [0.5, 0.6) is 0 Å². The number of thioether (sulfide) groups is 1. The van der Waals surface area contributed by atoms with E-state index in [-0.39, 0.29) is 29.5 Å². The third-order valence-electron chi connectivity index (χ3n) is 6.32. The molecule has 0 radical (unpaired) electrons. The lowest BCUT2D eigenvalue weighted by Crippen LogP contribution is -2.39. The molecule has 1 aromatic heterocycles. The van der Waals surface area contributed by atoms with Crippen LogP contribution in [0.1, 0.15) is 43.0 Å². The zero-order chi connectivity index (χ0) is 20.8. The van der Waals surface area contributed by atoms with Gasteiger partial charge in [0, 0.05) is 10.6 Å². The van der Waals surface area contributed by atoms with Gasteiger partial charge in [0.1, 0.15) is 11.9 Å². The fraction of sp³-hybridized carbons (Fsp3) is 0.375. The Morgan fingerprint density at radius 2 is 1.83 bits per heavy atom. The van der Waals surface area contributed by atoms with Crippen molar-refractivity contribution in [1.82, 2.24) is 4.98 Å². The quantitative estimate of drug-likeness (QED) is 0.679. The minimum absolute atomic E-state index is 0.0726. The van der Waals surface area contributed by atoms with Crippen molar-refractivity contribution in [3.8, 4) is 0 Å². The van der Waals surface area contributed by atoms with E-state index < -0.39 is 6.04 Å². The lowest BCUT2D eigenvalue weighted by molar-refractivity contribution is -0.131. The summed E-state index contributed by atoms with van der Waals surface area (Å²) < 4.78 is 6.21. The van der Waals surface area contributed by atoms with Crippen LogP contribution in [-0.4, -0.2) is 29.0 Å². The second-order valence-electron chi connectivity index (χ2n) is 8.14. The molecule has 0 saturated heterocycles. The zero-order valence-electron chi connectivity index (χ0n) is 17.1. The number of hydrogen-bond donors (Lipinski definition) is 0.